The predicted octanol–water partition coefficient (Wildman–Crippen LogP) is 2.30. The molecule has 3 heterocycles. The van der Waals surface area contributed by atoms with Gasteiger partial charge in [-0.3, -0.25) is 4.90 Å². The van der Waals surface area contributed by atoms with Gasteiger partial charge < -0.3 is 13.9 Å². The number of rotatable bonds is 5. The second kappa shape index (κ2) is 6.07. The first-order valence-electron chi connectivity index (χ1n) is 6.66. The number of halogens is 1. The molecular weight excluding hydrogens is 326 g/mol. The van der Waals surface area contributed by atoms with E-state index in [-0.39, 0.29) is 6.61 Å². The molecule has 0 radical (unpaired) electrons. The van der Waals surface area contributed by atoms with E-state index in [0.717, 1.165) is 25.9 Å². The van der Waals surface area contributed by atoms with Gasteiger partial charge in [0.05, 0.1) is 6.54 Å². The highest BCUT2D eigenvalue weighted by Crippen LogP contribution is 2.25. The topological polar surface area (TPSA) is 75.5 Å². The summed E-state index contributed by atoms with van der Waals surface area (Å²) >= 11 is 3.24. The highest BCUT2D eigenvalue weighted by Gasteiger charge is 2.23. The van der Waals surface area contributed by atoms with Crippen molar-refractivity contribution in [2.24, 2.45) is 5.92 Å². The first kappa shape index (κ1) is 13.8. The van der Waals surface area contributed by atoms with Crippen LogP contribution in [-0.2, 0) is 6.54 Å². The van der Waals surface area contributed by atoms with E-state index in [4.69, 9.17) is 13.9 Å². The van der Waals surface area contributed by atoms with Crippen molar-refractivity contribution in [3.8, 4) is 11.7 Å². The fourth-order valence-electron chi connectivity index (χ4n) is 2.51. The molecular formula is C13H16BrN3O3. The zero-order valence-electron chi connectivity index (χ0n) is 11.0. The van der Waals surface area contributed by atoms with Gasteiger partial charge in [-0.2, -0.15) is 0 Å². The summed E-state index contributed by atoms with van der Waals surface area (Å²) in [5.41, 5.74) is 0. The zero-order chi connectivity index (χ0) is 13.9. The lowest BCUT2D eigenvalue weighted by Gasteiger charge is -2.12. The molecule has 1 unspecified atom stereocenters. The fourth-order valence-corrected chi connectivity index (χ4v) is 2.82. The molecule has 108 valence electrons. The minimum atomic E-state index is 0.260. The maximum absolute atomic E-state index is 8.96. The van der Waals surface area contributed by atoms with Crippen molar-refractivity contribution in [3.05, 3.63) is 22.7 Å². The summed E-state index contributed by atoms with van der Waals surface area (Å²) in [6.07, 6.45) is 1.98. The number of aromatic nitrogens is 2. The third kappa shape index (κ3) is 3.11. The molecule has 0 aromatic carbocycles. The Kier molecular flexibility index (Phi) is 4.18. The summed E-state index contributed by atoms with van der Waals surface area (Å²) in [6.45, 7) is 2.90. The number of nitrogens with zero attached hydrogens (tertiary/aromatic N) is 3. The number of likely N-dealkylation sites (tertiary alicyclic amines) is 1. The Balaban J connectivity index is 1.61. The lowest BCUT2D eigenvalue weighted by Crippen LogP contribution is -2.20. The van der Waals surface area contributed by atoms with Crippen LogP contribution in [0.25, 0.3) is 11.7 Å². The molecule has 6 nitrogen and oxygen atoms in total. The zero-order valence-corrected chi connectivity index (χ0v) is 12.5. The highest BCUT2D eigenvalue weighted by atomic mass is 79.9. The largest absolute Gasteiger partial charge is 0.444 e. The van der Waals surface area contributed by atoms with E-state index in [1.165, 1.54) is 0 Å². The third-order valence-corrected chi connectivity index (χ3v) is 3.94. The molecule has 7 heteroatoms. The molecule has 1 atom stereocenters. The van der Waals surface area contributed by atoms with Gasteiger partial charge in [0.2, 0.25) is 5.89 Å². The van der Waals surface area contributed by atoms with Crippen molar-refractivity contribution in [2.45, 2.75) is 19.4 Å². The molecule has 1 saturated heterocycles. The van der Waals surface area contributed by atoms with E-state index >= 15 is 0 Å². The normalized spacial score (nSPS) is 19.8. The quantitative estimate of drug-likeness (QED) is 0.899. The number of aliphatic hydroxyl groups is 1. The standard InChI is InChI=1S/C13H16BrN3O3/c14-11-2-1-10(19-11)13-16-15-12(20-13)8-17-5-3-9(7-17)4-6-18/h1-2,9,18H,3-8H2. The first-order chi connectivity index (χ1) is 9.74. The van der Waals surface area contributed by atoms with Crippen LogP contribution in [0.4, 0.5) is 0 Å². The van der Waals surface area contributed by atoms with E-state index < -0.39 is 0 Å². The van der Waals surface area contributed by atoms with Crippen LogP contribution in [0.15, 0.2) is 25.6 Å². The molecule has 1 aliphatic rings. The van der Waals surface area contributed by atoms with Gasteiger partial charge in [0.1, 0.15) is 0 Å². The monoisotopic (exact) mass is 341 g/mol. The fraction of sp³-hybridized carbons (Fsp3) is 0.538. The van der Waals surface area contributed by atoms with Gasteiger partial charge in [0.15, 0.2) is 10.4 Å². The van der Waals surface area contributed by atoms with E-state index in [1.807, 2.05) is 0 Å². The number of hydrogen-bond acceptors (Lipinski definition) is 6. The maximum atomic E-state index is 8.96. The minimum absolute atomic E-state index is 0.260. The molecule has 1 fully saturated rings. The van der Waals surface area contributed by atoms with Gasteiger partial charge >= 0.3 is 0 Å². The molecule has 1 aliphatic heterocycles. The Morgan fingerprint density at radius 3 is 3.00 bits per heavy atom. The third-order valence-electron chi connectivity index (χ3n) is 3.52. The maximum Gasteiger partial charge on any atom is 0.283 e. The van der Waals surface area contributed by atoms with Crippen molar-refractivity contribution < 1.29 is 13.9 Å². The van der Waals surface area contributed by atoms with Crippen LogP contribution in [0.1, 0.15) is 18.7 Å². The molecule has 20 heavy (non-hydrogen) atoms. The molecule has 3 rings (SSSR count). The van der Waals surface area contributed by atoms with Crippen LogP contribution in [0.3, 0.4) is 0 Å². The van der Waals surface area contributed by atoms with Crippen LogP contribution >= 0.6 is 15.9 Å². The summed E-state index contributed by atoms with van der Waals surface area (Å²) < 4.78 is 11.6. The summed E-state index contributed by atoms with van der Waals surface area (Å²) in [4.78, 5) is 2.27. The van der Waals surface area contributed by atoms with Crippen LogP contribution in [0.2, 0.25) is 0 Å². The molecule has 0 spiro atoms. The molecule has 1 N–H and O–H groups in total. The Morgan fingerprint density at radius 2 is 2.25 bits per heavy atom. The van der Waals surface area contributed by atoms with Gasteiger partial charge in [-0.25, -0.2) is 0 Å². The lowest BCUT2D eigenvalue weighted by atomic mass is 10.1. The van der Waals surface area contributed by atoms with Gasteiger partial charge in [-0.15, -0.1) is 10.2 Å². The SMILES string of the molecule is OCCC1CCN(Cc2nnc(-c3ccc(Br)o3)o2)C1. The van der Waals surface area contributed by atoms with Crippen molar-refractivity contribution in [2.75, 3.05) is 19.7 Å². The summed E-state index contributed by atoms with van der Waals surface area (Å²) in [6, 6.07) is 3.58. The Bertz CT molecular complexity index is 569. The van der Waals surface area contributed by atoms with E-state index in [2.05, 4.69) is 31.0 Å². The molecule has 0 aliphatic carbocycles. The summed E-state index contributed by atoms with van der Waals surface area (Å²) in [5.74, 6) is 2.13. The Labute approximate surface area is 124 Å². The number of hydrogen-bond donors (Lipinski definition) is 1. The number of aliphatic hydroxyl groups excluding tert-OH is 1. The van der Waals surface area contributed by atoms with Crippen LogP contribution < -0.4 is 0 Å². The first-order valence-corrected chi connectivity index (χ1v) is 7.45. The Hall–Kier alpha value is -1.18. The van der Waals surface area contributed by atoms with E-state index in [9.17, 15) is 0 Å². The molecule has 2 aromatic heterocycles. The second-order valence-corrected chi connectivity index (χ2v) is 5.79. The second-order valence-electron chi connectivity index (χ2n) is 5.01. The van der Waals surface area contributed by atoms with Crippen LogP contribution in [0, 0.1) is 5.92 Å². The summed E-state index contributed by atoms with van der Waals surface area (Å²) in [7, 11) is 0. The molecule has 0 bridgehead atoms. The van der Waals surface area contributed by atoms with Crippen molar-refractivity contribution in [1.29, 1.82) is 0 Å². The molecule has 2 aromatic rings. The van der Waals surface area contributed by atoms with Crippen molar-refractivity contribution >= 4 is 15.9 Å². The van der Waals surface area contributed by atoms with E-state index in [0.29, 0.717) is 34.7 Å². The Morgan fingerprint density at radius 1 is 1.35 bits per heavy atom. The predicted molar refractivity (Wildman–Crippen MR) is 74.8 cm³/mol. The average molecular weight is 342 g/mol. The molecule has 0 saturated carbocycles. The van der Waals surface area contributed by atoms with Crippen molar-refractivity contribution in [1.82, 2.24) is 15.1 Å². The van der Waals surface area contributed by atoms with Gasteiger partial charge in [-0.1, -0.05) is 0 Å². The smallest absolute Gasteiger partial charge is 0.283 e. The minimum Gasteiger partial charge on any atom is -0.444 e. The lowest BCUT2D eigenvalue weighted by molar-refractivity contribution is 0.242. The van der Waals surface area contributed by atoms with Crippen molar-refractivity contribution in [3.63, 3.8) is 0 Å². The van der Waals surface area contributed by atoms with Gasteiger partial charge in [-0.05, 0) is 53.4 Å². The van der Waals surface area contributed by atoms with Gasteiger partial charge in [0, 0.05) is 13.2 Å². The van der Waals surface area contributed by atoms with Crippen LogP contribution in [-0.4, -0.2) is 39.9 Å². The number of furan rings is 1. The highest BCUT2D eigenvalue weighted by molar-refractivity contribution is 9.10. The van der Waals surface area contributed by atoms with Gasteiger partial charge in [0.25, 0.3) is 5.89 Å². The van der Waals surface area contributed by atoms with E-state index in [1.54, 1.807) is 12.1 Å². The summed E-state index contributed by atoms with van der Waals surface area (Å²) in [5, 5.41) is 17.0. The average Bonchev–Trinajstić information content (AvgIpc) is 3.12. The molecule has 0 amide bonds. The van der Waals surface area contributed by atoms with Crippen LogP contribution in [0.5, 0.6) is 0 Å².